The normalized spacial score (nSPS) is 12.0. The summed E-state index contributed by atoms with van der Waals surface area (Å²) in [6.07, 6.45) is -1.44. The van der Waals surface area contributed by atoms with Crippen molar-refractivity contribution in [2.75, 3.05) is 0 Å². The highest BCUT2D eigenvalue weighted by molar-refractivity contribution is 6.36. The van der Waals surface area contributed by atoms with Crippen LogP contribution >= 0.6 is 23.2 Å². The second-order valence-electron chi connectivity index (χ2n) is 4.41. The molecule has 3 aromatic rings. The molecule has 0 N–H and O–H groups in total. The third-order valence-corrected chi connectivity index (χ3v) is 3.47. The van der Waals surface area contributed by atoms with E-state index in [1.54, 1.807) is 0 Å². The van der Waals surface area contributed by atoms with Crippen LogP contribution in [0.3, 0.4) is 0 Å². The van der Waals surface area contributed by atoms with E-state index in [2.05, 4.69) is 4.98 Å². The van der Waals surface area contributed by atoms with Gasteiger partial charge in [-0.2, -0.15) is 13.2 Å². The molecule has 2 aromatic heterocycles. The lowest BCUT2D eigenvalue weighted by Gasteiger charge is -2.10. The van der Waals surface area contributed by atoms with E-state index in [9.17, 15) is 13.2 Å². The molecular weight excluding hydrogens is 324 g/mol. The van der Waals surface area contributed by atoms with Gasteiger partial charge in [-0.15, -0.1) is 0 Å². The molecule has 108 valence electrons. The Morgan fingerprint density at radius 2 is 1.76 bits per heavy atom. The van der Waals surface area contributed by atoms with Gasteiger partial charge in [-0.05, 0) is 12.1 Å². The molecule has 21 heavy (non-hydrogen) atoms. The van der Waals surface area contributed by atoms with Crippen LogP contribution in [0.1, 0.15) is 5.56 Å². The van der Waals surface area contributed by atoms with Crippen LogP contribution in [0.25, 0.3) is 16.9 Å². The first-order valence-corrected chi connectivity index (χ1v) is 6.62. The molecule has 1 aromatic carbocycles. The van der Waals surface area contributed by atoms with Gasteiger partial charge in [0.1, 0.15) is 0 Å². The van der Waals surface area contributed by atoms with E-state index in [-0.39, 0.29) is 16.3 Å². The van der Waals surface area contributed by atoms with Crippen molar-refractivity contribution in [1.82, 2.24) is 9.38 Å². The zero-order chi connectivity index (χ0) is 15.2. The van der Waals surface area contributed by atoms with Gasteiger partial charge in [0.15, 0.2) is 5.65 Å². The molecule has 0 bridgehead atoms. The minimum atomic E-state index is -4.45. The van der Waals surface area contributed by atoms with E-state index >= 15 is 0 Å². The Kier molecular flexibility index (Phi) is 3.34. The highest BCUT2D eigenvalue weighted by atomic mass is 35.5. The van der Waals surface area contributed by atoms with Crippen LogP contribution in [0.2, 0.25) is 10.0 Å². The fourth-order valence-electron chi connectivity index (χ4n) is 2.11. The first kappa shape index (κ1) is 14.2. The third kappa shape index (κ3) is 2.59. The number of rotatable bonds is 1. The van der Waals surface area contributed by atoms with Gasteiger partial charge in [-0.3, -0.25) is 0 Å². The average molecular weight is 331 g/mol. The van der Waals surface area contributed by atoms with Crippen molar-refractivity contribution < 1.29 is 13.2 Å². The summed E-state index contributed by atoms with van der Waals surface area (Å²) in [7, 11) is 0. The van der Waals surface area contributed by atoms with Crippen LogP contribution in [0.5, 0.6) is 0 Å². The predicted molar refractivity (Wildman–Crippen MR) is 75.7 cm³/mol. The molecule has 3 rings (SSSR count). The number of imidazole rings is 1. The maximum atomic E-state index is 13.1. The van der Waals surface area contributed by atoms with Crippen LogP contribution in [-0.2, 0) is 6.18 Å². The quantitative estimate of drug-likeness (QED) is 0.589. The van der Waals surface area contributed by atoms with Gasteiger partial charge < -0.3 is 4.40 Å². The number of fused-ring (bicyclic) bond motifs is 1. The van der Waals surface area contributed by atoms with E-state index in [1.807, 2.05) is 0 Å². The van der Waals surface area contributed by atoms with Gasteiger partial charge in [-0.1, -0.05) is 41.4 Å². The lowest BCUT2D eigenvalue weighted by atomic mass is 10.1. The van der Waals surface area contributed by atoms with Crippen molar-refractivity contribution in [2.24, 2.45) is 0 Å². The van der Waals surface area contributed by atoms with Gasteiger partial charge >= 0.3 is 6.18 Å². The number of hydrogen-bond acceptors (Lipinski definition) is 1. The molecule has 0 unspecified atom stereocenters. The van der Waals surface area contributed by atoms with Crippen molar-refractivity contribution in [2.45, 2.75) is 6.18 Å². The molecule has 0 spiro atoms. The lowest BCUT2D eigenvalue weighted by Crippen LogP contribution is -2.06. The Hall–Kier alpha value is -1.72. The predicted octanol–water partition coefficient (Wildman–Crippen LogP) is 5.33. The summed E-state index contributed by atoms with van der Waals surface area (Å²) in [6.45, 7) is 0. The summed E-state index contributed by atoms with van der Waals surface area (Å²) in [6, 6.07) is 6.76. The molecule has 0 atom stereocenters. The molecule has 0 aliphatic rings. The zero-order valence-corrected chi connectivity index (χ0v) is 11.8. The van der Waals surface area contributed by atoms with Crippen molar-refractivity contribution in [3.8, 4) is 11.3 Å². The van der Waals surface area contributed by atoms with E-state index in [4.69, 9.17) is 23.2 Å². The Labute approximate surface area is 127 Å². The van der Waals surface area contributed by atoms with Gasteiger partial charge in [0, 0.05) is 18.0 Å². The smallest absolute Gasteiger partial charge is 0.304 e. The van der Waals surface area contributed by atoms with Crippen LogP contribution in [0, 0.1) is 0 Å². The molecule has 7 heteroatoms. The topological polar surface area (TPSA) is 17.3 Å². The average Bonchev–Trinajstić information content (AvgIpc) is 2.81. The molecule has 0 amide bonds. The number of pyridine rings is 1. The van der Waals surface area contributed by atoms with E-state index in [0.717, 1.165) is 6.07 Å². The highest BCUT2D eigenvalue weighted by Crippen LogP contribution is 2.37. The monoisotopic (exact) mass is 330 g/mol. The summed E-state index contributed by atoms with van der Waals surface area (Å²) in [5.74, 6) is 0. The van der Waals surface area contributed by atoms with Crippen LogP contribution in [0.4, 0.5) is 13.2 Å². The number of benzene rings is 1. The minimum Gasteiger partial charge on any atom is -0.304 e. The number of halogens is 5. The maximum absolute atomic E-state index is 13.1. The third-order valence-electron chi connectivity index (χ3n) is 2.98. The highest BCUT2D eigenvalue weighted by Gasteiger charge is 2.33. The van der Waals surface area contributed by atoms with Gasteiger partial charge in [0.25, 0.3) is 0 Å². The van der Waals surface area contributed by atoms with Crippen molar-refractivity contribution in [3.05, 3.63) is 58.3 Å². The van der Waals surface area contributed by atoms with Crippen LogP contribution < -0.4 is 0 Å². The number of aromatic nitrogens is 2. The second kappa shape index (κ2) is 4.93. The molecule has 0 fully saturated rings. The number of alkyl halides is 3. The van der Waals surface area contributed by atoms with Crippen molar-refractivity contribution in [1.29, 1.82) is 0 Å². The molecule has 0 aliphatic heterocycles. The number of hydrogen-bond donors (Lipinski definition) is 0. The first-order chi connectivity index (χ1) is 9.86. The maximum Gasteiger partial charge on any atom is 0.417 e. The molecule has 0 aliphatic carbocycles. The van der Waals surface area contributed by atoms with E-state index in [1.165, 1.54) is 41.1 Å². The molecule has 2 heterocycles. The van der Waals surface area contributed by atoms with E-state index < -0.39 is 11.7 Å². The van der Waals surface area contributed by atoms with Gasteiger partial charge in [-0.25, -0.2) is 4.98 Å². The first-order valence-electron chi connectivity index (χ1n) is 5.86. The Morgan fingerprint density at radius 1 is 1.05 bits per heavy atom. The van der Waals surface area contributed by atoms with Gasteiger partial charge in [0.05, 0.1) is 21.3 Å². The Bertz CT molecular complexity index is 825. The minimum absolute atomic E-state index is 0.000823. The second-order valence-corrected chi connectivity index (χ2v) is 5.25. The summed E-state index contributed by atoms with van der Waals surface area (Å²) in [4.78, 5) is 4.17. The summed E-state index contributed by atoms with van der Waals surface area (Å²) in [5.41, 5.74) is -0.198. The Morgan fingerprint density at radius 3 is 2.48 bits per heavy atom. The standard InChI is InChI=1S/C14H7Cl2F3N2/c15-8-5-11(16)13-20-12(7-21(13)6-8)9-3-1-2-4-10(9)14(17,18)19/h1-7H. The SMILES string of the molecule is FC(F)(F)c1ccccc1-c1cn2cc(Cl)cc(Cl)c2n1. The fourth-order valence-corrected chi connectivity index (χ4v) is 2.64. The molecule has 0 saturated heterocycles. The van der Waals surface area contributed by atoms with Crippen molar-refractivity contribution in [3.63, 3.8) is 0 Å². The Balaban J connectivity index is 2.25. The zero-order valence-electron chi connectivity index (χ0n) is 10.3. The molecule has 0 radical (unpaired) electrons. The van der Waals surface area contributed by atoms with Gasteiger partial charge in [0.2, 0.25) is 0 Å². The summed E-state index contributed by atoms with van der Waals surface area (Å²) in [5, 5.41) is 0.652. The van der Waals surface area contributed by atoms with Crippen molar-refractivity contribution >= 4 is 28.8 Å². The fraction of sp³-hybridized carbons (Fsp3) is 0.0714. The molecule has 0 saturated carbocycles. The van der Waals surface area contributed by atoms with Crippen LogP contribution in [-0.4, -0.2) is 9.38 Å². The lowest BCUT2D eigenvalue weighted by molar-refractivity contribution is -0.137. The van der Waals surface area contributed by atoms with E-state index in [0.29, 0.717) is 10.7 Å². The van der Waals surface area contributed by atoms with Crippen LogP contribution in [0.15, 0.2) is 42.7 Å². The molecular formula is C14H7Cl2F3N2. The summed E-state index contributed by atoms with van der Waals surface area (Å²) < 4.78 is 40.7. The largest absolute Gasteiger partial charge is 0.417 e. The summed E-state index contributed by atoms with van der Waals surface area (Å²) >= 11 is 11.9. The molecule has 2 nitrogen and oxygen atoms in total. The number of nitrogens with zero attached hydrogens (tertiary/aromatic N) is 2.